The fraction of sp³-hybridized carbons (Fsp3) is 0.273. The highest BCUT2D eigenvalue weighted by Gasteiger charge is 1.96. The maximum atomic E-state index is 10.7. The zero-order chi connectivity index (χ0) is 9.68. The molecule has 0 unspecified atom stereocenters. The lowest BCUT2D eigenvalue weighted by molar-refractivity contribution is -0.116. The molecule has 2 nitrogen and oxygen atoms in total. The fourth-order valence-electron chi connectivity index (χ4n) is 1.08. The second-order valence-corrected chi connectivity index (χ2v) is 3.06. The van der Waals surface area contributed by atoms with Gasteiger partial charge in [0.1, 0.15) is 12.1 Å². The van der Waals surface area contributed by atoms with Crippen molar-refractivity contribution < 1.29 is 9.59 Å². The van der Waals surface area contributed by atoms with Gasteiger partial charge in [0.05, 0.1) is 0 Å². The van der Waals surface area contributed by atoms with E-state index in [1.165, 1.54) is 0 Å². The molecule has 0 heterocycles. The Hall–Kier alpha value is -1.44. The Labute approximate surface area is 77.6 Å². The molecule has 0 aliphatic carbocycles. The minimum atomic E-state index is 0.194. The molecule has 0 radical (unpaired) electrons. The molecule has 0 atom stereocenters. The monoisotopic (exact) mass is 176 g/mol. The third-order valence-corrected chi connectivity index (χ3v) is 1.88. The third-order valence-electron chi connectivity index (χ3n) is 1.88. The summed E-state index contributed by atoms with van der Waals surface area (Å²) in [6.45, 7) is 1.58. The first kappa shape index (κ1) is 9.65. The molecule has 0 fully saturated rings. The van der Waals surface area contributed by atoms with E-state index < -0.39 is 0 Å². The van der Waals surface area contributed by atoms with Gasteiger partial charge >= 0.3 is 0 Å². The number of hydrogen-bond donors (Lipinski definition) is 0. The lowest BCUT2D eigenvalue weighted by Crippen LogP contribution is -1.93. The molecule has 1 aromatic rings. The molecule has 0 aliphatic rings. The summed E-state index contributed by atoms with van der Waals surface area (Å²) >= 11 is 0. The average molecular weight is 176 g/mol. The Morgan fingerprint density at radius 2 is 1.92 bits per heavy atom. The smallest absolute Gasteiger partial charge is 0.150 e. The van der Waals surface area contributed by atoms with Gasteiger partial charge in [-0.15, -0.1) is 0 Å². The summed E-state index contributed by atoms with van der Waals surface area (Å²) < 4.78 is 0. The van der Waals surface area contributed by atoms with Crippen molar-refractivity contribution >= 4 is 12.1 Å². The average Bonchev–Trinajstić information content (AvgIpc) is 2.15. The van der Waals surface area contributed by atoms with Gasteiger partial charge in [0.2, 0.25) is 0 Å². The number of aryl methyl sites for hydroxylation is 1. The van der Waals surface area contributed by atoms with Crippen molar-refractivity contribution in [2.75, 3.05) is 0 Å². The summed E-state index contributed by atoms with van der Waals surface area (Å²) in [5.41, 5.74) is 1.77. The number of rotatable bonds is 4. The van der Waals surface area contributed by atoms with E-state index in [2.05, 4.69) is 0 Å². The Morgan fingerprint density at radius 1 is 1.31 bits per heavy atom. The molecule has 0 aliphatic heterocycles. The zero-order valence-electron chi connectivity index (χ0n) is 7.62. The first-order valence-electron chi connectivity index (χ1n) is 4.26. The van der Waals surface area contributed by atoms with Crippen LogP contribution in [0.4, 0.5) is 0 Å². The van der Waals surface area contributed by atoms with Gasteiger partial charge in [0.25, 0.3) is 0 Å². The minimum Gasteiger partial charge on any atom is -0.300 e. The van der Waals surface area contributed by atoms with Crippen molar-refractivity contribution in [1.29, 1.82) is 0 Å². The van der Waals surface area contributed by atoms with Gasteiger partial charge in [0.15, 0.2) is 0 Å². The number of aldehydes is 1. The quantitative estimate of drug-likeness (QED) is 0.658. The summed E-state index contributed by atoms with van der Waals surface area (Å²) in [4.78, 5) is 21.0. The van der Waals surface area contributed by atoms with Crippen molar-refractivity contribution in [1.82, 2.24) is 0 Å². The Bertz CT molecular complexity index is 298. The molecule has 1 aromatic carbocycles. The number of Topliss-reactive ketones (excluding diaryl/α,β-unsaturated/α-hetero) is 1. The van der Waals surface area contributed by atoms with Crippen LogP contribution < -0.4 is 0 Å². The predicted octanol–water partition coefficient (Wildman–Crippen LogP) is 2.02. The zero-order valence-corrected chi connectivity index (χ0v) is 7.62. The van der Waals surface area contributed by atoms with E-state index in [-0.39, 0.29) is 5.78 Å². The van der Waals surface area contributed by atoms with E-state index in [1.807, 2.05) is 12.1 Å². The molecular formula is C11H12O2. The normalized spacial score (nSPS) is 9.62. The minimum absolute atomic E-state index is 0.194. The van der Waals surface area contributed by atoms with Crippen LogP contribution in [0.15, 0.2) is 24.3 Å². The van der Waals surface area contributed by atoms with Crippen LogP contribution in [0.5, 0.6) is 0 Å². The lowest BCUT2D eigenvalue weighted by atomic mass is 10.1. The second-order valence-electron chi connectivity index (χ2n) is 3.06. The number of hydrogen-bond acceptors (Lipinski definition) is 2. The molecule has 68 valence electrons. The third kappa shape index (κ3) is 3.20. The molecule has 0 aromatic heterocycles. The highest BCUT2D eigenvalue weighted by Crippen LogP contribution is 2.05. The highest BCUT2D eigenvalue weighted by atomic mass is 16.1. The van der Waals surface area contributed by atoms with E-state index in [4.69, 9.17) is 0 Å². The molecule has 2 heteroatoms. The Balaban J connectivity index is 2.59. The summed E-state index contributed by atoms with van der Waals surface area (Å²) in [5.74, 6) is 0.194. The summed E-state index contributed by atoms with van der Waals surface area (Å²) in [5, 5.41) is 0. The number of carbonyl (C=O) groups excluding carboxylic acids is 2. The van der Waals surface area contributed by atoms with Gasteiger partial charge in [-0.1, -0.05) is 24.3 Å². The molecule has 1 rings (SSSR count). The topological polar surface area (TPSA) is 34.1 Å². The first-order chi connectivity index (χ1) is 6.22. The largest absolute Gasteiger partial charge is 0.300 e. The highest BCUT2D eigenvalue weighted by molar-refractivity contribution is 5.76. The molecule has 0 N–H and O–H groups in total. The molecule has 0 saturated carbocycles. The SMILES string of the molecule is CC(=O)CCc1ccc(C=O)cc1. The number of benzene rings is 1. The molecule has 0 bridgehead atoms. The molecule has 13 heavy (non-hydrogen) atoms. The van der Waals surface area contributed by atoms with Gasteiger partial charge in [-0.3, -0.25) is 4.79 Å². The van der Waals surface area contributed by atoms with Crippen molar-refractivity contribution in [3.8, 4) is 0 Å². The maximum absolute atomic E-state index is 10.7. The van der Waals surface area contributed by atoms with E-state index in [1.54, 1.807) is 19.1 Å². The van der Waals surface area contributed by atoms with Crippen LogP contribution in [0, 0.1) is 0 Å². The van der Waals surface area contributed by atoms with Crippen LogP contribution in [0.25, 0.3) is 0 Å². The first-order valence-corrected chi connectivity index (χ1v) is 4.26. The van der Waals surface area contributed by atoms with Gasteiger partial charge < -0.3 is 4.79 Å². The molecule has 0 spiro atoms. The number of carbonyl (C=O) groups is 2. The van der Waals surface area contributed by atoms with Crippen LogP contribution in [0.3, 0.4) is 0 Å². The van der Waals surface area contributed by atoms with Crippen LogP contribution in [0.2, 0.25) is 0 Å². The van der Waals surface area contributed by atoms with Crippen molar-refractivity contribution in [3.63, 3.8) is 0 Å². The van der Waals surface area contributed by atoms with E-state index in [9.17, 15) is 9.59 Å². The summed E-state index contributed by atoms with van der Waals surface area (Å²) in [7, 11) is 0. The predicted molar refractivity (Wildman–Crippen MR) is 50.8 cm³/mol. The van der Waals surface area contributed by atoms with Crippen molar-refractivity contribution in [2.45, 2.75) is 19.8 Å². The standard InChI is InChI=1S/C11H12O2/c1-9(13)2-3-10-4-6-11(8-12)7-5-10/h4-8H,2-3H2,1H3. The maximum Gasteiger partial charge on any atom is 0.150 e. The van der Waals surface area contributed by atoms with Crippen LogP contribution in [-0.4, -0.2) is 12.1 Å². The van der Waals surface area contributed by atoms with Gasteiger partial charge in [-0.05, 0) is 18.9 Å². The summed E-state index contributed by atoms with van der Waals surface area (Å²) in [6.07, 6.45) is 2.14. The molecular weight excluding hydrogens is 164 g/mol. The van der Waals surface area contributed by atoms with Crippen LogP contribution in [0.1, 0.15) is 29.3 Å². The number of ketones is 1. The van der Waals surface area contributed by atoms with Gasteiger partial charge in [0, 0.05) is 12.0 Å². The summed E-state index contributed by atoms with van der Waals surface area (Å²) in [6, 6.07) is 7.30. The van der Waals surface area contributed by atoms with Crippen molar-refractivity contribution in [2.24, 2.45) is 0 Å². The molecule has 0 saturated heterocycles. The lowest BCUT2D eigenvalue weighted by Gasteiger charge is -1.98. The van der Waals surface area contributed by atoms with Gasteiger partial charge in [-0.25, -0.2) is 0 Å². The van der Waals surface area contributed by atoms with Crippen LogP contribution >= 0.6 is 0 Å². The van der Waals surface area contributed by atoms with E-state index in [0.29, 0.717) is 12.0 Å². The Kier molecular flexibility index (Phi) is 3.38. The fourth-order valence-corrected chi connectivity index (χ4v) is 1.08. The van der Waals surface area contributed by atoms with Gasteiger partial charge in [-0.2, -0.15) is 0 Å². The second kappa shape index (κ2) is 4.55. The van der Waals surface area contributed by atoms with E-state index >= 15 is 0 Å². The molecule has 0 amide bonds. The Morgan fingerprint density at radius 3 is 2.38 bits per heavy atom. The van der Waals surface area contributed by atoms with E-state index in [0.717, 1.165) is 18.3 Å². The van der Waals surface area contributed by atoms with Crippen LogP contribution in [-0.2, 0) is 11.2 Å². The van der Waals surface area contributed by atoms with Crippen molar-refractivity contribution in [3.05, 3.63) is 35.4 Å².